The van der Waals surface area contributed by atoms with E-state index in [1.54, 1.807) is 42.5 Å². The summed E-state index contributed by atoms with van der Waals surface area (Å²) >= 11 is 0. The van der Waals surface area contributed by atoms with Gasteiger partial charge < -0.3 is 4.74 Å². The molecule has 0 saturated carbocycles. The van der Waals surface area contributed by atoms with E-state index < -0.39 is 0 Å². The van der Waals surface area contributed by atoms with E-state index in [4.69, 9.17) is 15.8 Å². The van der Waals surface area contributed by atoms with Crippen LogP contribution < -0.4 is 4.74 Å². The molecule has 0 atom stereocenters. The highest BCUT2D eigenvalue weighted by atomic mass is 16.5. The summed E-state index contributed by atoms with van der Waals surface area (Å²) in [5.74, 6) is 0.289. The summed E-state index contributed by atoms with van der Waals surface area (Å²) in [6.07, 6.45) is 0. The molecule has 2 rings (SSSR count). The smallest absolute Gasteiger partial charge is 0.168 e. The molecule has 0 amide bonds. The molecule has 0 aliphatic heterocycles. The average molecular weight is 336 g/mol. The second kappa shape index (κ2) is 8.73. The Kier molecular flexibility index (Phi) is 6.13. The molecule has 25 heavy (non-hydrogen) atoms. The summed E-state index contributed by atoms with van der Waals surface area (Å²) in [6, 6.07) is 12.8. The van der Waals surface area contributed by atoms with Crippen LogP contribution in [0.4, 0.5) is 0 Å². The van der Waals surface area contributed by atoms with Gasteiger partial charge in [0.25, 0.3) is 0 Å². The summed E-state index contributed by atoms with van der Waals surface area (Å²) in [7, 11) is 0. The zero-order chi connectivity index (χ0) is 18.1. The van der Waals surface area contributed by atoms with Crippen LogP contribution in [0.15, 0.2) is 58.8 Å². The first-order chi connectivity index (χ1) is 12.1. The Balaban J connectivity index is 2.09. The molecule has 0 aliphatic rings. The molecule has 0 fully saturated rings. The van der Waals surface area contributed by atoms with Gasteiger partial charge in [-0.2, -0.15) is 0 Å². The maximum absolute atomic E-state index is 11.8. The first-order valence-corrected chi connectivity index (χ1v) is 7.10. The topological polar surface area (TPSA) is 141 Å². The van der Waals surface area contributed by atoms with Gasteiger partial charge in [0.15, 0.2) is 11.6 Å². The molecule has 9 heteroatoms. The number of ether oxygens (including phenoxy) is 1. The van der Waals surface area contributed by atoms with E-state index in [0.717, 1.165) is 0 Å². The standard InChI is InChI=1S/C16H12N6O3/c17-21-19-9-15(23)11-4-6-13(7-5-11)25-14-3-1-2-12(8-14)16(24)10-20-22-18/h1-8H,9-10H2. The molecule has 2 aromatic carbocycles. The van der Waals surface area contributed by atoms with Crippen molar-refractivity contribution in [1.29, 1.82) is 0 Å². The van der Waals surface area contributed by atoms with Gasteiger partial charge in [-0.1, -0.05) is 22.4 Å². The van der Waals surface area contributed by atoms with Crippen LogP contribution >= 0.6 is 0 Å². The lowest BCUT2D eigenvalue weighted by molar-refractivity contribution is 0.0993. The van der Waals surface area contributed by atoms with Crippen LogP contribution in [-0.4, -0.2) is 24.7 Å². The fourth-order valence-corrected chi connectivity index (χ4v) is 1.95. The normalized spacial score (nSPS) is 9.44. The second-order valence-electron chi connectivity index (χ2n) is 4.78. The largest absolute Gasteiger partial charge is 0.457 e. The third kappa shape index (κ3) is 5.11. The predicted octanol–water partition coefficient (Wildman–Crippen LogP) is 4.46. The highest BCUT2D eigenvalue weighted by Gasteiger charge is 2.08. The second-order valence-corrected chi connectivity index (χ2v) is 4.78. The molecular formula is C16H12N6O3. The van der Waals surface area contributed by atoms with Crippen LogP contribution in [0.1, 0.15) is 20.7 Å². The van der Waals surface area contributed by atoms with Gasteiger partial charge in [-0.3, -0.25) is 9.59 Å². The van der Waals surface area contributed by atoms with Crippen LogP contribution in [0.5, 0.6) is 11.5 Å². The number of hydrogen-bond donors (Lipinski definition) is 0. The van der Waals surface area contributed by atoms with Gasteiger partial charge in [-0.05, 0) is 47.5 Å². The monoisotopic (exact) mass is 336 g/mol. The van der Waals surface area contributed by atoms with Crippen LogP contribution in [0.25, 0.3) is 20.9 Å². The molecule has 0 N–H and O–H groups in total. The van der Waals surface area contributed by atoms with Crippen molar-refractivity contribution in [3.8, 4) is 11.5 Å². The van der Waals surface area contributed by atoms with Crippen LogP contribution in [0.3, 0.4) is 0 Å². The van der Waals surface area contributed by atoms with Crippen LogP contribution in [0.2, 0.25) is 0 Å². The predicted molar refractivity (Wildman–Crippen MR) is 89.6 cm³/mol. The van der Waals surface area contributed by atoms with Gasteiger partial charge in [0.1, 0.15) is 11.5 Å². The van der Waals surface area contributed by atoms with Gasteiger partial charge >= 0.3 is 0 Å². The Morgan fingerprint density at radius 2 is 1.44 bits per heavy atom. The van der Waals surface area contributed by atoms with Crippen molar-refractivity contribution in [2.75, 3.05) is 13.1 Å². The summed E-state index contributed by atoms with van der Waals surface area (Å²) < 4.78 is 5.64. The molecule has 0 saturated heterocycles. The number of hydrogen-bond acceptors (Lipinski definition) is 5. The third-order valence-corrected chi connectivity index (χ3v) is 3.12. The minimum Gasteiger partial charge on any atom is -0.457 e. The number of benzene rings is 2. The molecule has 0 radical (unpaired) electrons. The third-order valence-electron chi connectivity index (χ3n) is 3.12. The number of Topliss-reactive ketones (excluding diaryl/α,β-unsaturated/α-hetero) is 2. The van der Waals surface area contributed by atoms with Crippen molar-refractivity contribution < 1.29 is 14.3 Å². The zero-order valence-electron chi connectivity index (χ0n) is 12.9. The summed E-state index contributed by atoms with van der Waals surface area (Å²) in [5.41, 5.74) is 17.2. The number of rotatable bonds is 8. The lowest BCUT2D eigenvalue weighted by Gasteiger charge is -2.07. The lowest BCUT2D eigenvalue weighted by Crippen LogP contribution is -2.03. The zero-order valence-corrected chi connectivity index (χ0v) is 12.9. The molecule has 0 aromatic heterocycles. The fraction of sp³-hybridized carbons (Fsp3) is 0.125. The quantitative estimate of drug-likeness (QED) is 0.304. The van der Waals surface area contributed by atoms with E-state index in [-0.39, 0.29) is 24.7 Å². The molecule has 0 spiro atoms. The number of nitrogens with zero attached hydrogens (tertiary/aromatic N) is 6. The molecule has 0 heterocycles. The maximum Gasteiger partial charge on any atom is 0.168 e. The van der Waals surface area contributed by atoms with E-state index in [0.29, 0.717) is 22.6 Å². The molecular weight excluding hydrogens is 324 g/mol. The Bertz CT molecular complexity index is 881. The maximum atomic E-state index is 11.8. The minimum atomic E-state index is -0.317. The molecule has 0 bridgehead atoms. The summed E-state index contributed by atoms with van der Waals surface area (Å²) in [6.45, 7) is -0.506. The van der Waals surface area contributed by atoms with Crippen molar-refractivity contribution in [2.45, 2.75) is 0 Å². The fourth-order valence-electron chi connectivity index (χ4n) is 1.95. The van der Waals surface area contributed by atoms with E-state index in [2.05, 4.69) is 20.1 Å². The highest BCUT2D eigenvalue weighted by molar-refractivity contribution is 5.98. The molecule has 0 aliphatic carbocycles. The molecule has 124 valence electrons. The Hall–Kier alpha value is -3.80. The average Bonchev–Trinajstić information content (AvgIpc) is 2.65. The van der Waals surface area contributed by atoms with Gasteiger partial charge in [0.05, 0.1) is 13.1 Å². The molecule has 0 unspecified atom stereocenters. The van der Waals surface area contributed by atoms with Gasteiger partial charge in [0.2, 0.25) is 0 Å². The van der Waals surface area contributed by atoms with Gasteiger partial charge in [0, 0.05) is 21.0 Å². The molecule has 9 nitrogen and oxygen atoms in total. The number of azide groups is 2. The van der Waals surface area contributed by atoms with Crippen molar-refractivity contribution in [3.05, 3.63) is 80.5 Å². The van der Waals surface area contributed by atoms with E-state index >= 15 is 0 Å². The SMILES string of the molecule is [N-]=[N+]=NCC(=O)c1ccc(Oc2cccc(C(=O)CN=[N+]=[N-])c2)cc1. The van der Waals surface area contributed by atoms with E-state index in [1.165, 1.54) is 6.07 Å². The van der Waals surface area contributed by atoms with Gasteiger partial charge in [-0.25, -0.2) is 0 Å². The van der Waals surface area contributed by atoms with Crippen molar-refractivity contribution in [3.63, 3.8) is 0 Å². The first kappa shape index (κ1) is 17.6. The van der Waals surface area contributed by atoms with Crippen LogP contribution in [0, 0.1) is 0 Å². The summed E-state index contributed by atoms with van der Waals surface area (Å²) in [4.78, 5) is 28.6. The summed E-state index contributed by atoms with van der Waals surface area (Å²) in [5, 5.41) is 6.46. The Morgan fingerprint density at radius 3 is 2.04 bits per heavy atom. The Morgan fingerprint density at radius 1 is 0.840 bits per heavy atom. The van der Waals surface area contributed by atoms with E-state index in [1.807, 2.05) is 0 Å². The first-order valence-electron chi connectivity index (χ1n) is 7.10. The highest BCUT2D eigenvalue weighted by Crippen LogP contribution is 2.23. The number of ketones is 2. The van der Waals surface area contributed by atoms with Crippen molar-refractivity contribution >= 4 is 11.6 Å². The molecule has 2 aromatic rings. The number of carbonyl (C=O) groups excluding carboxylic acids is 2. The van der Waals surface area contributed by atoms with Crippen LogP contribution in [-0.2, 0) is 0 Å². The van der Waals surface area contributed by atoms with Crippen molar-refractivity contribution in [2.24, 2.45) is 10.2 Å². The van der Waals surface area contributed by atoms with Gasteiger partial charge in [-0.15, -0.1) is 0 Å². The van der Waals surface area contributed by atoms with E-state index in [9.17, 15) is 9.59 Å². The lowest BCUT2D eigenvalue weighted by atomic mass is 10.1. The van der Waals surface area contributed by atoms with Crippen molar-refractivity contribution in [1.82, 2.24) is 0 Å². The minimum absolute atomic E-state index is 0.244. The Labute approximate surface area is 142 Å². The number of carbonyl (C=O) groups is 2.